The van der Waals surface area contributed by atoms with E-state index in [1.165, 1.54) is 0 Å². The molecule has 0 spiro atoms. The van der Waals surface area contributed by atoms with E-state index in [4.69, 9.17) is 0 Å². The average Bonchev–Trinajstić information content (AvgIpc) is 2.81. The second-order valence-corrected chi connectivity index (χ2v) is 5.44. The molecule has 1 atom stereocenters. The van der Waals surface area contributed by atoms with Crippen LogP contribution in [0.1, 0.15) is 17.4 Å². The van der Waals surface area contributed by atoms with Crippen molar-refractivity contribution in [3.63, 3.8) is 0 Å². The van der Waals surface area contributed by atoms with E-state index < -0.39 is 0 Å². The lowest BCUT2D eigenvalue weighted by Crippen LogP contribution is -2.44. The van der Waals surface area contributed by atoms with Gasteiger partial charge in [-0.2, -0.15) is 0 Å². The first kappa shape index (κ1) is 12.0. The van der Waals surface area contributed by atoms with Gasteiger partial charge >= 0.3 is 0 Å². The Balaban J connectivity index is 1.71. The summed E-state index contributed by atoms with van der Waals surface area (Å²) in [6.45, 7) is 5.57. The molecular weight excluding hydrogens is 220 g/mol. The van der Waals surface area contributed by atoms with Crippen molar-refractivity contribution < 1.29 is 5.11 Å². The molecule has 0 saturated carbocycles. The second-order valence-electron chi connectivity index (χ2n) is 4.46. The van der Waals surface area contributed by atoms with E-state index in [1.54, 1.807) is 11.3 Å². The quantitative estimate of drug-likeness (QED) is 0.862. The zero-order chi connectivity index (χ0) is 11.4. The molecule has 1 aromatic heterocycles. The Morgan fingerprint density at radius 3 is 2.75 bits per heavy atom. The number of piperazine rings is 1. The Kier molecular flexibility index (Phi) is 4.35. The molecule has 4 heteroatoms. The van der Waals surface area contributed by atoms with Gasteiger partial charge in [-0.05, 0) is 24.9 Å². The van der Waals surface area contributed by atoms with Crippen molar-refractivity contribution in [3.8, 4) is 0 Å². The number of hydrogen-bond donors (Lipinski definition) is 1. The molecule has 1 aromatic rings. The van der Waals surface area contributed by atoms with Gasteiger partial charge in [-0.15, -0.1) is 11.3 Å². The third kappa shape index (κ3) is 3.28. The standard InChI is InChI=1S/C12H20N2OS/c1-13-6-8-14(9-7-13)5-4-11(15)12-3-2-10-16-12/h2-3,10-11,15H,4-9H2,1H3/t11-/m1/s1. The van der Waals surface area contributed by atoms with Crippen molar-refractivity contribution in [2.75, 3.05) is 39.8 Å². The van der Waals surface area contributed by atoms with E-state index >= 15 is 0 Å². The summed E-state index contributed by atoms with van der Waals surface area (Å²) in [5.74, 6) is 0. The van der Waals surface area contributed by atoms with E-state index in [0.717, 1.165) is 44.0 Å². The Hall–Kier alpha value is -0.420. The zero-order valence-corrected chi connectivity index (χ0v) is 10.6. The summed E-state index contributed by atoms with van der Waals surface area (Å²) in [5, 5.41) is 12.0. The van der Waals surface area contributed by atoms with Crippen LogP contribution in [0.15, 0.2) is 17.5 Å². The van der Waals surface area contributed by atoms with Crippen LogP contribution in [0, 0.1) is 0 Å². The highest BCUT2D eigenvalue weighted by molar-refractivity contribution is 7.10. The lowest BCUT2D eigenvalue weighted by atomic mass is 10.2. The third-order valence-electron chi connectivity index (χ3n) is 3.19. The average molecular weight is 240 g/mol. The van der Waals surface area contributed by atoms with Gasteiger partial charge in [-0.3, -0.25) is 0 Å². The highest BCUT2D eigenvalue weighted by Gasteiger charge is 2.15. The highest BCUT2D eigenvalue weighted by Crippen LogP contribution is 2.21. The van der Waals surface area contributed by atoms with Gasteiger partial charge in [-0.1, -0.05) is 6.07 Å². The van der Waals surface area contributed by atoms with E-state index in [0.29, 0.717) is 0 Å². The monoisotopic (exact) mass is 240 g/mol. The van der Waals surface area contributed by atoms with Crippen molar-refractivity contribution in [2.24, 2.45) is 0 Å². The van der Waals surface area contributed by atoms with Crippen LogP contribution in [-0.4, -0.2) is 54.7 Å². The first-order valence-corrected chi connectivity index (χ1v) is 6.76. The van der Waals surface area contributed by atoms with E-state index in [-0.39, 0.29) is 6.10 Å². The minimum absolute atomic E-state index is 0.278. The molecule has 1 saturated heterocycles. The van der Waals surface area contributed by atoms with Crippen LogP contribution in [-0.2, 0) is 0 Å². The van der Waals surface area contributed by atoms with Gasteiger partial charge in [0.15, 0.2) is 0 Å². The lowest BCUT2D eigenvalue weighted by Gasteiger charge is -2.32. The van der Waals surface area contributed by atoms with Crippen LogP contribution in [0.2, 0.25) is 0 Å². The number of aliphatic hydroxyl groups is 1. The number of nitrogens with zero attached hydrogens (tertiary/aromatic N) is 2. The van der Waals surface area contributed by atoms with Crippen LogP contribution in [0.3, 0.4) is 0 Å². The van der Waals surface area contributed by atoms with Gasteiger partial charge < -0.3 is 14.9 Å². The largest absolute Gasteiger partial charge is 0.388 e. The first-order valence-electron chi connectivity index (χ1n) is 5.88. The molecule has 1 aliphatic rings. The maximum atomic E-state index is 9.97. The minimum Gasteiger partial charge on any atom is -0.388 e. The predicted molar refractivity (Wildman–Crippen MR) is 67.8 cm³/mol. The Morgan fingerprint density at radius 2 is 2.12 bits per heavy atom. The van der Waals surface area contributed by atoms with Gasteiger partial charge in [0.05, 0.1) is 6.10 Å². The first-order chi connectivity index (χ1) is 7.75. The normalized spacial score (nSPS) is 21.1. The molecule has 2 rings (SSSR count). The SMILES string of the molecule is CN1CCN(CC[C@@H](O)c2cccs2)CC1. The fourth-order valence-electron chi connectivity index (χ4n) is 2.00. The van der Waals surface area contributed by atoms with E-state index in [1.807, 2.05) is 17.5 Å². The van der Waals surface area contributed by atoms with Crippen molar-refractivity contribution in [3.05, 3.63) is 22.4 Å². The molecule has 16 heavy (non-hydrogen) atoms. The molecule has 0 radical (unpaired) electrons. The topological polar surface area (TPSA) is 26.7 Å². The molecule has 0 unspecified atom stereocenters. The molecule has 0 bridgehead atoms. The maximum absolute atomic E-state index is 9.97. The summed E-state index contributed by atoms with van der Waals surface area (Å²) < 4.78 is 0. The van der Waals surface area contributed by atoms with Gasteiger partial charge in [0.25, 0.3) is 0 Å². The molecular formula is C12H20N2OS. The minimum atomic E-state index is -0.278. The number of hydrogen-bond acceptors (Lipinski definition) is 4. The summed E-state index contributed by atoms with van der Waals surface area (Å²) >= 11 is 1.64. The van der Waals surface area contributed by atoms with Gasteiger partial charge in [0.2, 0.25) is 0 Å². The molecule has 0 aliphatic carbocycles. The molecule has 2 heterocycles. The fourth-order valence-corrected chi connectivity index (χ4v) is 2.75. The smallest absolute Gasteiger partial charge is 0.0894 e. The van der Waals surface area contributed by atoms with Crippen molar-refractivity contribution in [1.82, 2.24) is 9.80 Å². The maximum Gasteiger partial charge on any atom is 0.0894 e. The molecule has 1 aliphatic heterocycles. The molecule has 90 valence electrons. The van der Waals surface area contributed by atoms with Crippen LogP contribution in [0.5, 0.6) is 0 Å². The molecule has 3 nitrogen and oxygen atoms in total. The number of thiophene rings is 1. The predicted octanol–water partition coefficient (Wildman–Crippen LogP) is 1.42. The number of aliphatic hydroxyl groups excluding tert-OH is 1. The molecule has 0 amide bonds. The summed E-state index contributed by atoms with van der Waals surface area (Å²) in [6, 6.07) is 4.01. The lowest BCUT2D eigenvalue weighted by molar-refractivity contribution is 0.114. The van der Waals surface area contributed by atoms with E-state index in [9.17, 15) is 5.11 Å². The summed E-state index contributed by atoms with van der Waals surface area (Å²) in [6.07, 6.45) is 0.573. The number of likely N-dealkylation sites (N-methyl/N-ethyl adjacent to an activating group) is 1. The summed E-state index contributed by atoms with van der Waals surface area (Å²) in [5.41, 5.74) is 0. The zero-order valence-electron chi connectivity index (χ0n) is 9.80. The van der Waals surface area contributed by atoms with Gasteiger partial charge in [0.1, 0.15) is 0 Å². The van der Waals surface area contributed by atoms with Gasteiger partial charge in [-0.25, -0.2) is 0 Å². The number of rotatable bonds is 4. The third-order valence-corrected chi connectivity index (χ3v) is 4.16. The van der Waals surface area contributed by atoms with Gasteiger partial charge in [0, 0.05) is 37.6 Å². The molecule has 1 N–H and O–H groups in total. The second kappa shape index (κ2) is 5.77. The summed E-state index contributed by atoms with van der Waals surface area (Å²) in [4.78, 5) is 5.89. The fraction of sp³-hybridized carbons (Fsp3) is 0.667. The van der Waals surface area contributed by atoms with Crippen LogP contribution in [0.25, 0.3) is 0 Å². The van der Waals surface area contributed by atoms with Crippen molar-refractivity contribution in [1.29, 1.82) is 0 Å². The van der Waals surface area contributed by atoms with Crippen molar-refractivity contribution >= 4 is 11.3 Å². The van der Waals surface area contributed by atoms with E-state index in [2.05, 4.69) is 16.8 Å². The van der Waals surface area contributed by atoms with Crippen molar-refractivity contribution in [2.45, 2.75) is 12.5 Å². The van der Waals surface area contributed by atoms with Crippen LogP contribution < -0.4 is 0 Å². The van der Waals surface area contributed by atoms with Crippen LogP contribution >= 0.6 is 11.3 Å². The molecule has 0 aromatic carbocycles. The molecule has 1 fully saturated rings. The summed E-state index contributed by atoms with van der Waals surface area (Å²) in [7, 11) is 2.16. The Bertz CT molecular complexity index is 294. The Labute approximate surface area is 101 Å². The van der Waals surface area contributed by atoms with Crippen LogP contribution in [0.4, 0.5) is 0 Å². The Morgan fingerprint density at radius 1 is 1.38 bits per heavy atom. The highest BCUT2D eigenvalue weighted by atomic mass is 32.1.